The van der Waals surface area contributed by atoms with Gasteiger partial charge in [-0.1, -0.05) is 0 Å². The quantitative estimate of drug-likeness (QED) is 0.321. The molecule has 3 aromatic heterocycles. The third-order valence-electron chi connectivity index (χ3n) is 3.51. The highest BCUT2D eigenvalue weighted by Gasteiger charge is 2.19. The molecule has 1 unspecified atom stereocenters. The van der Waals surface area contributed by atoms with Crippen LogP contribution in [0, 0.1) is 0 Å². The molecule has 3 aromatic rings. The van der Waals surface area contributed by atoms with Gasteiger partial charge in [0.25, 0.3) is 5.91 Å². The Kier molecular flexibility index (Phi) is 4.88. The summed E-state index contributed by atoms with van der Waals surface area (Å²) in [6, 6.07) is 1.65. The Labute approximate surface area is 150 Å². The first-order valence-electron chi connectivity index (χ1n) is 7.25. The van der Waals surface area contributed by atoms with Gasteiger partial charge in [-0.3, -0.25) is 9.80 Å². The summed E-state index contributed by atoms with van der Waals surface area (Å²) in [4.78, 5) is 31.6. The molecule has 1 atom stereocenters. The zero-order valence-electron chi connectivity index (χ0n) is 13.2. The van der Waals surface area contributed by atoms with Crippen molar-refractivity contribution in [3.05, 3.63) is 23.3 Å². The SMILES string of the molecule is CC(CC=O)N(N)c1cnc(C(N)=O)c(Nc2snc3sccc23)n1. The Bertz CT molecular complexity index is 923. The highest BCUT2D eigenvalue weighted by atomic mass is 32.1. The predicted octanol–water partition coefficient (Wildman–Crippen LogP) is 1.65. The monoisotopic (exact) mass is 377 g/mol. The van der Waals surface area contributed by atoms with Crippen LogP contribution in [0.3, 0.4) is 0 Å². The highest BCUT2D eigenvalue weighted by Crippen LogP contribution is 2.33. The molecule has 25 heavy (non-hydrogen) atoms. The number of carbonyl (C=O) groups excluding carboxylic acids is 2. The van der Waals surface area contributed by atoms with Crippen molar-refractivity contribution in [3.63, 3.8) is 0 Å². The van der Waals surface area contributed by atoms with Crippen molar-refractivity contribution in [2.75, 3.05) is 10.3 Å². The second kappa shape index (κ2) is 7.09. The minimum Gasteiger partial charge on any atom is -0.364 e. The first kappa shape index (κ1) is 17.2. The first-order valence-corrected chi connectivity index (χ1v) is 8.91. The molecule has 5 N–H and O–H groups in total. The van der Waals surface area contributed by atoms with Crippen molar-refractivity contribution in [1.29, 1.82) is 0 Å². The number of anilines is 3. The summed E-state index contributed by atoms with van der Waals surface area (Å²) in [6.45, 7) is 1.78. The fraction of sp³-hybridized carbons (Fsp3) is 0.214. The Morgan fingerprint density at radius 2 is 2.32 bits per heavy atom. The molecule has 0 saturated carbocycles. The number of amides is 1. The number of rotatable bonds is 7. The summed E-state index contributed by atoms with van der Waals surface area (Å²) in [6.07, 6.45) is 2.36. The van der Waals surface area contributed by atoms with Crippen molar-refractivity contribution >= 4 is 61.9 Å². The number of primary amides is 1. The van der Waals surface area contributed by atoms with E-state index in [0.717, 1.165) is 21.5 Å². The van der Waals surface area contributed by atoms with E-state index in [4.69, 9.17) is 11.6 Å². The van der Waals surface area contributed by atoms with Crippen LogP contribution >= 0.6 is 22.9 Å². The number of hydrazine groups is 1. The van der Waals surface area contributed by atoms with Gasteiger partial charge in [0.2, 0.25) is 0 Å². The van der Waals surface area contributed by atoms with Gasteiger partial charge in [0.05, 0.1) is 12.2 Å². The highest BCUT2D eigenvalue weighted by molar-refractivity contribution is 7.21. The van der Waals surface area contributed by atoms with Crippen LogP contribution in [0.4, 0.5) is 16.6 Å². The van der Waals surface area contributed by atoms with E-state index in [9.17, 15) is 9.59 Å². The number of hydrogen-bond acceptors (Lipinski definition) is 10. The minimum absolute atomic E-state index is 0.00281. The maximum Gasteiger partial charge on any atom is 0.271 e. The summed E-state index contributed by atoms with van der Waals surface area (Å²) >= 11 is 2.77. The second-order valence-electron chi connectivity index (χ2n) is 5.22. The summed E-state index contributed by atoms with van der Waals surface area (Å²) < 4.78 is 4.32. The number of nitrogens with two attached hydrogens (primary N) is 2. The molecule has 0 aliphatic heterocycles. The fourth-order valence-corrected chi connectivity index (χ4v) is 3.79. The van der Waals surface area contributed by atoms with Crippen LogP contribution in [0.1, 0.15) is 23.8 Å². The number of aldehydes is 1. The first-order chi connectivity index (χ1) is 12.0. The summed E-state index contributed by atoms with van der Waals surface area (Å²) in [5.74, 6) is 5.78. The van der Waals surface area contributed by atoms with Crippen molar-refractivity contribution in [2.24, 2.45) is 11.6 Å². The lowest BCUT2D eigenvalue weighted by atomic mass is 10.2. The number of nitrogens with zero attached hydrogens (tertiary/aromatic N) is 4. The zero-order valence-corrected chi connectivity index (χ0v) is 14.8. The molecule has 3 rings (SSSR count). The number of fused-ring (bicyclic) bond motifs is 1. The van der Waals surface area contributed by atoms with Crippen LogP contribution in [0.25, 0.3) is 10.2 Å². The Balaban J connectivity index is 1.98. The molecule has 130 valence electrons. The maximum atomic E-state index is 11.7. The van der Waals surface area contributed by atoms with Crippen molar-refractivity contribution < 1.29 is 9.59 Å². The molecule has 11 heteroatoms. The fourth-order valence-electron chi connectivity index (χ4n) is 2.13. The lowest BCUT2D eigenvalue weighted by Crippen LogP contribution is -2.40. The molecular formula is C14H15N7O2S2. The van der Waals surface area contributed by atoms with Crippen LogP contribution in [-0.2, 0) is 4.79 Å². The average Bonchev–Trinajstić information content (AvgIpc) is 3.19. The third kappa shape index (κ3) is 3.43. The molecule has 0 aromatic carbocycles. The Morgan fingerprint density at radius 1 is 1.52 bits per heavy atom. The lowest BCUT2D eigenvalue weighted by Gasteiger charge is -2.24. The molecule has 0 radical (unpaired) electrons. The minimum atomic E-state index is -0.711. The van der Waals surface area contributed by atoms with Crippen LogP contribution in [0.15, 0.2) is 17.6 Å². The molecule has 0 saturated heterocycles. The predicted molar refractivity (Wildman–Crippen MR) is 98.1 cm³/mol. The lowest BCUT2D eigenvalue weighted by molar-refractivity contribution is -0.108. The van der Waals surface area contributed by atoms with Gasteiger partial charge < -0.3 is 15.8 Å². The standard InChI is InChI=1S/C14H15N7O2S2/c1-7(2-4-22)21(16)9-6-17-10(11(15)23)12(18-9)19-13-8-3-5-24-14(8)20-25-13/h3-7H,2,16H2,1H3,(H2,15,23)(H,18,19). The van der Waals surface area contributed by atoms with Crippen LogP contribution < -0.4 is 21.9 Å². The van der Waals surface area contributed by atoms with Gasteiger partial charge in [-0.2, -0.15) is 4.37 Å². The normalized spacial score (nSPS) is 12.1. The number of carbonyl (C=O) groups is 2. The summed E-state index contributed by atoms with van der Waals surface area (Å²) in [7, 11) is 0. The molecule has 0 fully saturated rings. The number of aromatic nitrogens is 3. The van der Waals surface area contributed by atoms with Crippen LogP contribution in [-0.4, -0.2) is 32.6 Å². The van der Waals surface area contributed by atoms with Gasteiger partial charge >= 0.3 is 0 Å². The molecule has 3 heterocycles. The van der Waals surface area contributed by atoms with E-state index in [1.54, 1.807) is 6.92 Å². The molecule has 1 amide bonds. The second-order valence-corrected chi connectivity index (χ2v) is 6.89. The van der Waals surface area contributed by atoms with Crippen LogP contribution in [0.2, 0.25) is 0 Å². The van der Waals surface area contributed by atoms with Crippen molar-refractivity contribution in [3.8, 4) is 0 Å². The van der Waals surface area contributed by atoms with E-state index >= 15 is 0 Å². The molecule has 0 spiro atoms. The topological polar surface area (TPSA) is 140 Å². The number of thiophene rings is 1. The van der Waals surface area contributed by atoms with E-state index in [-0.39, 0.29) is 24.0 Å². The van der Waals surface area contributed by atoms with Gasteiger partial charge in [-0.05, 0) is 29.9 Å². The zero-order chi connectivity index (χ0) is 18.0. The van der Waals surface area contributed by atoms with E-state index in [1.807, 2.05) is 11.4 Å². The smallest absolute Gasteiger partial charge is 0.271 e. The molecule has 9 nitrogen and oxygen atoms in total. The van der Waals surface area contributed by atoms with Gasteiger partial charge in [-0.25, -0.2) is 15.8 Å². The Hall–Kier alpha value is -2.63. The van der Waals surface area contributed by atoms with Gasteiger partial charge in [-0.15, -0.1) is 11.3 Å². The van der Waals surface area contributed by atoms with E-state index in [0.29, 0.717) is 5.82 Å². The van der Waals surface area contributed by atoms with Crippen molar-refractivity contribution in [1.82, 2.24) is 14.3 Å². The molecule has 0 aliphatic rings. The van der Waals surface area contributed by atoms with E-state index in [1.165, 1.54) is 34.1 Å². The van der Waals surface area contributed by atoms with Gasteiger partial charge in [0.15, 0.2) is 17.3 Å². The summed E-state index contributed by atoms with van der Waals surface area (Å²) in [5.41, 5.74) is 5.38. The van der Waals surface area contributed by atoms with Gasteiger partial charge in [0.1, 0.15) is 16.1 Å². The number of nitrogens with one attached hydrogen (secondary N) is 1. The largest absolute Gasteiger partial charge is 0.364 e. The summed E-state index contributed by atoms with van der Waals surface area (Å²) in [5, 5.41) is 7.97. The molecule has 0 aliphatic carbocycles. The van der Waals surface area contributed by atoms with E-state index < -0.39 is 5.91 Å². The average molecular weight is 377 g/mol. The van der Waals surface area contributed by atoms with Crippen LogP contribution in [0.5, 0.6) is 0 Å². The maximum absolute atomic E-state index is 11.7. The third-order valence-corrected chi connectivity index (χ3v) is 5.21. The van der Waals surface area contributed by atoms with Gasteiger partial charge in [0, 0.05) is 11.8 Å². The molecule has 0 bridgehead atoms. The van der Waals surface area contributed by atoms with Crippen molar-refractivity contribution in [2.45, 2.75) is 19.4 Å². The number of hydrogen-bond donors (Lipinski definition) is 3. The molecular weight excluding hydrogens is 362 g/mol. The van der Waals surface area contributed by atoms with E-state index in [2.05, 4.69) is 19.7 Å². The Morgan fingerprint density at radius 3 is 3.04 bits per heavy atom.